The Labute approximate surface area is 149 Å². The normalized spacial score (nSPS) is 13.3. The second-order valence-electron chi connectivity index (χ2n) is 5.54. The van der Waals surface area contributed by atoms with E-state index in [1.807, 2.05) is 49.4 Å². The molecule has 2 atom stereocenters. The van der Waals surface area contributed by atoms with Crippen LogP contribution in [0.3, 0.4) is 0 Å². The van der Waals surface area contributed by atoms with E-state index in [9.17, 15) is 15.0 Å². The van der Waals surface area contributed by atoms with E-state index in [0.717, 1.165) is 14.7 Å². The average molecular weight is 425 g/mol. The Kier molecular flexibility index (Phi) is 6.41. The van der Waals surface area contributed by atoms with Gasteiger partial charge in [0.15, 0.2) is 0 Å². The van der Waals surface area contributed by atoms with Gasteiger partial charge >= 0.3 is 6.09 Å². The first-order chi connectivity index (χ1) is 11.0. The van der Waals surface area contributed by atoms with Gasteiger partial charge in [-0.1, -0.05) is 42.5 Å². The van der Waals surface area contributed by atoms with E-state index in [2.05, 4.69) is 22.6 Å². The van der Waals surface area contributed by atoms with Crippen LogP contribution in [-0.2, 0) is 6.42 Å². The van der Waals surface area contributed by atoms with Gasteiger partial charge in [0.2, 0.25) is 0 Å². The number of benzene rings is 2. The monoisotopic (exact) mass is 425 g/mol. The fourth-order valence-electron chi connectivity index (χ4n) is 2.49. The molecule has 2 rings (SSSR count). The van der Waals surface area contributed by atoms with Crippen molar-refractivity contribution in [3.63, 3.8) is 0 Å². The van der Waals surface area contributed by atoms with Crippen molar-refractivity contribution in [2.45, 2.75) is 25.5 Å². The van der Waals surface area contributed by atoms with Crippen LogP contribution in [-0.4, -0.2) is 33.8 Å². The fraction of sp³-hybridized carbons (Fsp3) is 0.278. The molecule has 0 aromatic heterocycles. The summed E-state index contributed by atoms with van der Waals surface area (Å²) in [6.07, 6.45) is -1.23. The lowest BCUT2D eigenvalue weighted by Gasteiger charge is -2.29. The number of halogens is 1. The quantitative estimate of drug-likeness (QED) is 0.690. The number of hydrogen-bond donors (Lipinski definition) is 2. The van der Waals surface area contributed by atoms with Crippen LogP contribution in [0.25, 0.3) is 0 Å². The lowest BCUT2D eigenvalue weighted by Crippen LogP contribution is -2.41. The van der Waals surface area contributed by atoms with Gasteiger partial charge in [0.05, 0.1) is 12.6 Å². The summed E-state index contributed by atoms with van der Waals surface area (Å²) in [7, 11) is 0. The van der Waals surface area contributed by atoms with Gasteiger partial charge in [-0.05, 0) is 59.2 Å². The van der Waals surface area contributed by atoms with Gasteiger partial charge in [-0.15, -0.1) is 0 Å². The van der Waals surface area contributed by atoms with E-state index in [0.29, 0.717) is 6.42 Å². The van der Waals surface area contributed by atoms with E-state index < -0.39 is 12.2 Å². The van der Waals surface area contributed by atoms with Crippen LogP contribution in [0.1, 0.15) is 24.2 Å². The zero-order chi connectivity index (χ0) is 16.8. The van der Waals surface area contributed by atoms with E-state index in [1.165, 1.54) is 4.90 Å². The number of rotatable bonds is 6. The minimum atomic E-state index is -1.02. The summed E-state index contributed by atoms with van der Waals surface area (Å²) in [5, 5.41) is 19.8. The maximum absolute atomic E-state index is 11.6. The zero-order valence-electron chi connectivity index (χ0n) is 12.9. The summed E-state index contributed by atoms with van der Waals surface area (Å²) in [4.78, 5) is 12.9. The van der Waals surface area contributed by atoms with E-state index >= 15 is 0 Å². The molecule has 0 saturated heterocycles. The Hall–Kier alpha value is -1.60. The number of carbonyl (C=O) groups is 1. The molecule has 1 amide bonds. The predicted molar refractivity (Wildman–Crippen MR) is 98.5 cm³/mol. The Morgan fingerprint density at radius 2 is 1.74 bits per heavy atom. The highest BCUT2D eigenvalue weighted by atomic mass is 127. The van der Waals surface area contributed by atoms with Crippen LogP contribution in [0.15, 0.2) is 54.6 Å². The van der Waals surface area contributed by atoms with Crippen molar-refractivity contribution in [1.29, 1.82) is 0 Å². The summed E-state index contributed by atoms with van der Waals surface area (Å²) in [6, 6.07) is 16.9. The Bertz CT molecular complexity index is 630. The van der Waals surface area contributed by atoms with E-state index in [4.69, 9.17) is 0 Å². The second kappa shape index (κ2) is 8.31. The first-order valence-electron chi connectivity index (χ1n) is 7.44. The van der Waals surface area contributed by atoms with Crippen molar-refractivity contribution in [2.75, 3.05) is 6.54 Å². The van der Waals surface area contributed by atoms with Crippen molar-refractivity contribution in [3.05, 3.63) is 69.3 Å². The Morgan fingerprint density at radius 1 is 1.13 bits per heavy atom. The standard InChI is InChI=1S/C18H20INO3/c1-13(11-14-7-9-16(19)10-8-14)20(18(22)23)12-17(21)15-5-3-2-4-6-15/h2-10,13,17,21H,11-12H2,1H3,(H,22,23)/t13-,17+/m1/s1. The number of nitrogens with zero attached hydrogens (tertiary/aromatic N) is 1. The Morgan fingerprint density at radius 3 is 2.30 bits per heavy atom. The van der Waals surface area contributed by atoms with Crippen LogP contribution < -0.4 is 0 Å². The molecule has 0 bridgehead atoms. The predicted octanol–water partition coefficient (Wildman–Crippen LogP) is 3.94. The molecule has 0 heterocycles. The SMILES string of the molecule is C[C@H](Cc1ccc(I)cc1)N(C[C@H](O)c1ccccc1)C(=O)O. The van der Waals surface area contributed by atoms with Gasteiger partial charge < -0.3 is 15.1 Å². The highest BCUT2D eigenvalue weighted by molar-refractivity contribution is 14.1. The number of aliphatic hydroxyl groups is 1. The third-order valence-corrected chi connectivity index (χ3v) is 4.50. The molecule has 5 heteroatoms. The molecule has 0 spiro atoms. The first kappa shape index (κ1) is 17.7. The summed E-state index contributed by atoms with van der Waals surface area (Å²) >= 11 is 2.24. The lowest BCUT2D eigenvalue weighted by molar-refractivity contribution is 0.0799. The zero-order valence-corrected chi connectivity index (χ0v) is 15.1. The highest BCUT2D eigenvalue weighted by Crippen LogP contribution is 2.18. The lowest BCUT2D eigenvalue weighted by atomic mass is 10.0. The summed E-state index contributed by atoms with van der Waals surface area (Å²) in [6.45, 7) is 1.93. The van der Waals surface area contributed by atoms with Gasteiger partial charge in [-0.3, -0.25) is 0 Å². The molecule has 122 valence electrons. The largest absolute Gasteiger partial charge is 0.465 e. The molecule has 0 aliphatic rings. The van der Waals surface area contributed by atoms with Crippen LogP contribution in [0.2, 0.25) is 0 Å². The van der Waals surface area contributed by atoms with Crippen molar-refractivity contribution in [3.8, 4) is 0 Å². The van der Waals surface area contributed by atoms with Crippen LogP contribution in [0.4, 0.5) is 4.79 Å². The molecule has 23 heavy (non-hydrogen) atoms. The molecule has 0 fully saturated rings. The summed E-state index contributed by atoms with van der Waals surface area (Å²) < 4.78 is 1.15. The van der Waals surface area contributed by atoms with Gasteiger partial charge in [0.1, 0.15) is 0 Å². The van der Waals surface area contributed by atoms with Crippen molar-refractivity contribution in [1.82, 2.24) is 4.90 Å². The molecule has 2 N–H and O–H groups in total. The molecule has 2 aromatic carbocycles. The summed E-state index contributed by atoms with van der Waals surface area (Å²) in [5.41, 5.74) is 1.80. The van der Waals surface area contributed by atoms with Crippen molar-refractivity contribution < 1.29 is 15.0 Å². The minimum absolute atomic E-state index is 0.0604. The van der Waals surface area contributed by atoms with Gasteiger partial charge in [0.25, 0.3) is 0 Å². The van der Waals surface area contributed by atoms with Gasteiger partial charge in [0, 0.05) is 9.61 Å². The summed E-state index contributed by atoms with van der Waals surface area (Å²) in [5.74, 6) is 0. The van der Waals surface area contributed by atoms with E-state index in [1.54, 1.807) is 12.1 Å². The molecule has 0 unspecified atom stereocenters. The second-order valence-corrected chi connectivity index (χ2v) is 6.79. The van der Waals surface area contributed by atoms with Crippen LogP contribution >= 0.6 is 22.6 Å². The third kappa shape index (κ3) is 5.21. The molecular weight excluding hydrogens is 405 g/mol. The molecule has 0 radical (unpaired) electrons. The number of hydrogen-bond acceptors (Lipinski definition) is 2. The topological polar surface area (TPSA) is 60.8 Å². The molecule has 4 nitrogen and oxygen atoms in total. The van der Waals surface area contributed by atoms with Gasteiger partial charge in [-0.25, -0.2) is 4.79 Å². The first-order valence-corrected chi connectivity index (χ1v) is 8.52. The highest BCUT2D eigenvalue weighted by Gasteiger charge is 2.23. The maximum atomic E-state index is 11.6. The third-order valence-electron chi connectivity index (χ3n) is 3.78. The van der Waals surface area contributed by atoms with Gasteiger partial charge in [-0.2, -0.15) is 0 Å². The van der Waals surface area contributed by atoms with Crippen molar-refractivity contribution in [2.24, 2.45) is 0 Å². The number of carboxylic acid groups (broad SMARTS) is 1. The Balaban J connectivity index is 2.05. The molecular formula is C18H20INO3. The fourth-order valence-corrected chi connectivity index (χ4v) is 2.84. The smallest absolute Gasteiger partial charge is 0.407 e. The maximum Gasteiger partial charge on any atom is 0.407 e. The molecule has 0 aliphatic carbocycles. The average Bonchev–Trinajstić information content (AvgIpc) is 2.55. The molecule has 0 aliphatic heterocycles. The number of amides is 1. The minimum Gasteiger partial charge on any atom is -0.465 e. The van der Waals surface area contributed by atoms with Crippen LogP contribution in [0, 0.1) is 3.57 Å². The van der Waals surface area contributed by atoms with Crippen LogP contribution in [0.5, 0.6) is 0 Å². The molecule has 0 saturated carbocycles. The van der Waals surface area contributed by atoms with Crippen molar-refractivity contribution >= 4 is 28.7 Å². The van der Waals surface area contributed by atoms with E-state index in [-0.39, 0.29) is 12.6 Å². The molecule has 2 aromatic rings. The number of aliphatic hydroxyl groups excluding tert-OH is 1.